The fourth-order valence-corrected chi connectivity index (χ4v) is 2.62. The van der Waals surface area contributed by atoms with Crippen molar-refractivity contribution >= 4 is 11.2 Å². The van der Waals surface area contributed by atoms with Crippen molar-refractivity contribution in [1.82, 2.24) is 19.9 Å². The van der Waals surface area contributed by atoms with Crippen molar-refractivity contribution in [3.8, 4) is 0 Å². The highest BCUT2D eigenvalue weighted by Gasteiger charge is 2.24. The van der Waals surface area contributed by atoms with Crippen molar-refractivity contribution in [3.63, 3.8) is 0 Å². The maximum atomic E-state index is 4.78. The minimum absolute atomic E-state index is 0.408. The smallest absolute Gasteiger partial charge is 0.160 e. The van der Waals surface area contributed by atoms with Gasteiger partial charge in [-0.1, -0.05) is 0 Å². The monoisotopic (exact) mass is 230 g/mol. The molecule has 0 unspecified atom stereocenters. The highest BCUT2D eigenvalue weighted by molar-refractivity contribution is 5.71. The van der Waals surface area contributed by atoms with Gasteiger partial charge in [0.1, 0.15) is 11.3 Å². The van der Waals surface area contributed by atoms with E-state index in [9.17, 15) is 0 Å². The maximum Gasteiger partial charge on any atom is 0.160 e. The Hall–Kier alpha value is -1.42. The number of nitrogens with zero attached hydrogens (tertiary/aromatic N) is 3. The average Bonchev–Trinajstić information content (AvgIpc) is 2.95. The van der Waals surface area contributed by atoms with Crippen molar-refractivity contribution < 1.29 is 0 Å². The molecule has 1 saturated heterocycles. The van der Waals surface area contributed by atoms with Gasteiger partial charge in [0.15, 0.2) is 5.65 Å². The molecule has 3 rings (SSSR count). The topological polar surface area (TPSA) is 42.7 Å². The Morgan fingerprint density at radius 1 is 1.47 bits per heavy atom. The summed E-state index contributed by atoms with van der Waals surface area (Å²) in [6.45, 7) is 6.53. The summed E-state index contributed by atoms with van der Waals surface area (Å²) in [6, 6.07) is 4.41. The molecule has 1 fully saturated rings. The summed E-state index contributed by atoms with van der Waals surface area (Å²) >= 11 is 0. The second-order valence-electron chi connectivity index (χ2n) is 4.97. The zero-order valence-corrected chi connectivity index (χ0v) is 10.3. The van der Waals surface area contributed by atoms with Gasteiger partial charge < -0.3 is 9.88 Å². The first-order chi connectivity index (χ1) is 8.27. The lowest BCUT2D eigenvalue weighted by atomic mass is 10.1. The summed E-state index contributed by atoms with van der Waals surface area (Å²) < 4.78 is 2.28. The number of imidazole rings is 1. The Balaban J connectivity index is 2.18. The first-order valence-corrected chi connectivity index (χ1v) is 6.31. The molecule has 0 amide bonds. The van der Waals surface area contributed by atoms with Gasteiger partial charge in [0.25, 0.3) is 0 Å². The van der Waals surface area contributed by atoms with Crippen LogP contribution in [-0.4, -0.2) is 27.6 Å². The quantitative estimate of drug-likeness (QED) is 0.859. The van der Waals surface area contributed by atoms with E-state index >= 15 is 0 Å². The van der Waals surface area contributed by atoms with Crippen molar-refractivity contribution in [2.24, 2.45) is 0 Å². The van der Waals surface area contributed by atoms with Crippen LogP contribution in [0.3, 0.4) is 0 Å². The van der Waals surface area contributed by atoms with E-state index in [0.29, 0.717) is 12.0 Å². The summed E-state index contributed by atoms with van der Waals surface area (Å²) in [4.78, 5) is 9.25. The molecular weight excluding hydrogens is 212 g/mol. The molecule has 1 aliphatic rings. The number of pyridine rings is 1. The van der Waals surface area contributed by atoms with Crippen LogP contribution in [0.1, 0.15) is 38.1 Å². The number of fused-ring (bicyclic) bond motifs is 1. The van der Waals surface area contributed by atoms with Crippen LogP contribution >= 0.6 is 0 Å². The molecule has 0 saturated carbocycles. The highest BCUT2D eigenvalue weighted by atomic mass is 15.2. The van der Waals surface area contributed by atoms with Gasteiger partial charge in [-0.05, 0) is 38.9 Å². The van der Waals surface area contributed by atoms with E-state index < -0.39 is 0 Å². The molecule has 1 N–H and O–H groups in total. The van der Waals surface area contributed by atoms with Crippen LogP contribution in [0.25, 0.3) is 11.2 Å². The second kappa shape index (κ2) is 4.11. The van der Waals surface area contributed by atoms with E-state index in [4.69, 9.17) is 4.98 Å². The summed E-state index contributed by atoms with van der Waals surface area (Å²) in [6.07, 6.45) is 3.02. The Bertz CT molecular complexity index is 523. The SMILES string of the molecule is CC(C)n1c([C@H]2CCNC2)nc2cccnc21. The van der Waals surface area contributed by atoms with E-state index in [-0.39, 0.29) is 0 Å². The van der Waals surface area contributed by atoms with Gasteiger partial charge in [0, 0.05) is 24.7 Å². The molecule has 0 radical (unpaired) electrons. The van der Waals surface area contributed by atoms with Crippen LogP contribution in [0.2, 0.25) is 0 Å². The Morgan fingerprint density at radius 3 is 3.06 bits per heavy atom. The number of aromatic nitrogens is 3. The molecular formula is C13H18N4. The van der Waals surface area contributed by atoms with Crippen LogP contribution in [0.15, 0.2) is 18.3 Å². The minimum atomic E-state index is 0.408. The minimum Gasteiger partial charge on any atom is -0.316 e. The fraction of sp³-hybridized carbons (Fsp3) is 0.538. The van der Waals surface area contributed by atoms with Crippen molar-refractivity contribution in [2.75, 3.05) is 13.1 Å². The molecule has 2 aromatic rings. The van der Waals surface area contributed by atoms with Crippen molar-refractivity contribution in [3.05, 3.63) is 24.2 Å². The first-order valence-electron chi connectivity index (χ1n) is 6.31. The lowest BCUT2D eigenvalue weighted by Gasteiger charge is -2.15. The summed E-state index contributed by atoms with van der Waals surface area (Å²) in [5.74, 6) is 1.73. The number of rotatable bonds is 2. The van der Waals surface area contributed by atoms with Gasteiger partial charge in [-0.3, -0.25) is 0 Å². The molecule has 0 bridgehead atoms. The first kappa shape index (κ1) is 10.7. The lowest BCUT2D eigenvalue weighted by molar-refractivity contribution is 0.547. The number of hydrogen-bond donors (Lipinski definition) is 1. The standard InChI is InChI=1S/C13H18N4/c1-9(2)17-12(10-5-7-14-8-10)16-11-4-3-6-15-13(11)17/h3-4,6,9-10,14H,5,7-8H2,1-2H3/t10-/m0/s1. The molecule has 0 aliphatic carbocycles. The Labute approximate surface area is 101 Å². The molecule has 0 spiro atoms. The van der Waals surface area contributed by atoms with Gasteiger partial charge in [-0.2, -0.15) is 0 Å². The van der Waals surface area contributed by atoms with Gasteiger partial charge in [-0.25, -0.2) is 9.97 Å². The van der Waals surface area contributed by atoms with E-state index in [1.807, 2.05) is 18.3 Å². The van der Waals surface area contributed by atoms with Crippen LogP contribution < -0.4 is 5.32 Å². The molecule has 90 valence electrons. The zero-order valence-electron chi connectivity index (χ0n) is 10.3. The third-order valence-electron chi connectivity index (χ3n) is 3.42. The average molecular weight is 230 g/mol. The van der Waals surface area contributed by atoms with Crippen LogP contribution in [-0.2, 0) is 0 Å². The van der Waals surface area contributed by atoms with E-state index in [0.717, 1.165) is 24.3 Å². The lowest BCUT2D eigenvalue weighted by Crippen LogP contribution is -2.14. The van der Waals surface area contributed by atoms with E-state index in [1.165, 1.54) is 12.2 Å². The molecule has 17 heavy (non-hydrogen) atoms. The van der Waals surface area contributed by atoms with Gasteiger partial charge in [-0.15, -0.1) is 0 Å². The summed E-state index contributed by atoms with van der Waals surface area (Å²) in [5.41, 5.74) is 2.03. The largest absolute Gasteiger partial charge is 0.316 e. The van der Waals surface area contributed by atoms with Crippen molar-refractivity contribution in [1.29, 1.82) is 0 Å². The van der Waals surface area contributed by atoms with Gasteiger partial charge >= 0.3 is 0 Å². The van der Waals surface area contributed by atoms with Crippen LogP contribution in [0.5, 0.6) is 0 Å². The molecule has 1 atom stereocenters. The number of nitrogens with one attached hydrogen (secondary N) is 1. The third-order valence-corrected chi connectivity index (χ3v) is 3.42. The predicted molar refractivity (Wildman–Crippen MR) is 68.1 cm³/mol. The Kier molecular flexibility index (Phi) is 2.59. The maximum absolute atomic E-state index is 4.78. The summed E-state index contributed by atoms with van der Waals surface area (Å²) in [7, 11) is 0. The fourth-order valence-electron chi connectivity index (χ4n) is 2.62. The van der Waals surface area contributed by atoms with Crippen molar-refractivity contribution in [2.45, 2.75) is 32.2 Å². The number of hydrogen-bond acceptors (Lipinski definition) is 3. The van der Waals surface area contributed by atoms with Gasteiger partial charge in [0.05, 0.1) is 0 Å². The predicted octanol–water partition coefficient (Wildman–Crippen LogP) is 2.09. The normalized spacial score (nSPS) is 20.5. The summed E-state index contributed by atoms with van der Waals surface area (Å²) in [5, 5.41) is 3.41. The van der Waals surface area contributed by atoms with E-state index in [1.54, 1.807) is 0 Å². The molecule has 4 nitrogen and oxygen atoms in total. The van der Waals surface area contributed by atoms with Gasteiger partial charge in [0.2, 0.25) is 0 Å². The molecule has 2 aromatic heterocycles. The Morgan fingerprint density at radius 2 is 2.35 bits per heavy atom. The molecule has 0 aromatic carbocycles. The molecule has 1 aliphatic heterocycles. The molecule has 4 heteroatoms. The van der Waals surface area contributed by atoms with E-state index in [2.05, 4.69) is 28.7 Å². The van der Waals surface area contributed by atoms with Crippen LogP contribution in [0, 0.1) is 0 Å². The second-order valence-corrected chi connectivity index (χ2v) is 4.97. The molecule has 3 heterocycles. The zero-order chi connectivity index (χ0) is 11.8. The third kappa shape index (κ3) is 1.72. The highest BCUT2D eigenvalue weighted by Crippen LogP contribution is 2.27. The van der Waals surface area contributed by atoms with Crippen LogP contribution in [0.4, 0.5) is 0 Å².